The van der Waals surface area contributed by atoms with E-state index in [4.69, 9.17) is 0 Å². The molecule has 0 unspecified atom stereocenters. The molecule has 4 rings (SSSR count). The number of pyridine rings is 1. The molecule has 2 heterocycles. The molecule has 0 aliphatic carbocycles. The van der Waals surface area contributed by atoms with Crippen molar-refractivity contribution >= 4 is 22.5 Å². The standard InChI is InChI=1S/C21H20FN3O/c1-14(26)25-11-9-21(17-7-6-16(22)12-15(17)13-25)24-20-8-10-23-19-5-3-2-4-18(19)20/h2-8,10,12,21H,9,11,13H2,1H3,(H,23,24)/t21-/m1/s1. The van der Waals surface area contributed by atoms with Crippen LogP contribution in [0.5, 0.6) is 0 Å². The average molecular weight is 349 g/mol. The molecule has 2 aromatic carbocycles. The fourth-order valence-corrected chi connectivity index (χ4v) is 3.60. The largest absolute Gasteiger partial charge is 0.378 e. The van der Waals surface area contributed by atoms with E-state index in [0.717, 1.165) is 34.1 Å². The van der Waals surface area contributed by atoms with Gasteiger partial charge in [-0.15, -0.1) is 0 Å². The monoisotopic (exact) mass is 349 g/mol. The van der Waals surface area contributed by atoms with E-state index in [2.05, 4.69) is 10.3 Å². The van der Waals surface area contributed by atoms with Crippen molar-refractivity contribution in [2.75, 3.05) is 11.9 Å². The number of anilines is 1. The van der Waals surface area contributed by atoms with E-state index in [1.54, 1.807) is 18.0 Å². The van der Waals surface area contributed by atoms with Crippen LogP contribution < -0.4 is 5.32 Å². The maximum Gasteiger partial charge on any atom is 0.219 e. The van der Waals surface area contributed by atoms with Gasteiger partial charge >= 0.3 is 0 Å². The van der Waals surface area contributed by atoms with E-state index in [0.29, 0.717) is 13.1 Å². The number of benzene rings is 2. The van der Waals surface area contributed by atoms with Crippen LogP contribution >= 0.6 is 0 Å². The Morgan fingerprint density at radius 3 is 2.92 bits per heavy atom. The molecule has 0 fully saturated rings. The lowest BCUT2D eigenvalue weighted by Crippen LogP contribution is -2.28. The summed E-state index contributed by atoms with van der Waals surface area (Å²) < 4.78 is 13.8. The number of nitrogens with zero attached hydrogens (tertiary/aromatic N) is 2. The van der Waals surface area contributed by atoms with Crippen LogP contribution in [-0.4, -0.2) is 22.3 Å². The molecule has 5 heteroatoms. The van der Waals surface area contributed by atoms with Gasteiger partial charge in [-0.1, -0.05) is 24.3 Å². The Bertz CT molecular complexity index is 967. The highest BCUT2D eigenvalue weighted by Gasteiger charge is 2.24. The summed E-state index contributed by atoms with van der Waals surface area (Å²) in [6, 6.07) is 14.8. The predicted octanol–water partition coefficient (Wildman–Crippen LogP) is 4.28. The van der Waals surface area contributed by atoms with Gasteiger partial charge in [0.2, 0.25) is 5.91 Å². The number of hydrogen-bond acceptors (Lipinski definition) is 3. The Morgan fingerprint density at radius 1 is 1.23 bits per heavy atom. The van der Waals surface area contributed by atoms with Gasteiger partial charge < -0.3 is 10.2 Å². The Labute approximate surface area is 151 Å². The molecule has 0 bridgehead atoms. The third-order valence-electron chi connectivity index (χ3n) is 4.95. The van der Waals surface area contributed by atoms with E-state index in [-0.39, 0.29) is 17.8 Å². The Hall–Kier alpha value is -2.95. The van der Waals surface area contributed by atoms with E-state index < -0.39 is 0 Å². The minimum atomic E-state index is -0.276. The van der Waals surface area contributed by atoms with Crippen molar-refractivity contribution in [1.29, 1.82) is 0 Å². The van der Waals surface area contributed by atoms with E-state index in [1.807, 2.05) is 36.4 Å². The second-order valence-electron chi connectivity index (χ2n) is 6.64. The van der Waals surface area contributed by atoms with Gasteiger partial charge in [-0.3, -0.25) is 9.78 Å². The number of fused-ring (bicyclic) bond motifs is 2. The lowest BCUT2D eigenvalue weighted by atomic mass is 9.98. The normalized spacial score (nSPS) is 16.8. The Kier molecular flexibility index (Phi) is 4.29. The van der Waals surface area contributed by atoms with Gasteiger partial charge in [0.05, 0.1) is 11.6 Å². The quantitative estimate of drug-likeness (QED) is 0.751. The SMILES string of the molecule is CC(=O)N1CC[C@@H](Nc2ccnc3ccccc23)c2ccc(F)cc2C1. The van der Waals surface area contributed by atoms with Crippen molar-refractivity contribution in [1.82, 2.24) is 9.88 Å². The summed E-state index contributed by atoms with van der Waals surface area (Å²) in [6.07, 6.45) is 2.55. The smallest absolute Gasteiger partial charge is 0.219 e. The van der Waals surface area contributed by atoms with E-state index >= 15 is 0 Å². The molecular formula is C21H20FN3O. The van der Waals surface area contributed by atoms with Crippen LogP contribution in [0.2, 0.25) is 0 Å². The second kappa shape index (κ2) is 6.75. The van der Waals surface area contributed by atoms with Crippen molar-refractivity contribution in [2.45, 2.75) is 25.9 Å². The summed E-state index contributed by atoms with van der Waals surface area (Å²) in [6.45, 7) is 2.63. The van der Waals surface area contributed by atoms with Gasteiger partial charge in [0.25, 0.3) is 0 Å². The zero-order valence-electron chi connectivity index (χ0n) is 14.6. The van der Waals surface area contributed by atoms with Crippen molar-refractivity contribution in [2.24, 2.45) is 0 Å². The van der Waals surface area contributed by atoms with Gasteiger partial charge in [0.1, 0.15) is 5.82 Å². The molecule has 26 heavy (non-hydrogen) atoms. The molecule has 3 aromatic rings. The number of aromatic nitrogens is 1. The Morgan fingerprint density at radius 2 is 2.08 bits per heavy atom. The summed E-state index contributed by atoms with van der Waals surface area (Å²) >= 11 is 0. The van der Waals surface area contributed by atoms with Crippen molar-refractivity contribution in [3.8, 4) is 0 Å². The first-order chi connectivity index (χ1) is 12.6. The minimum Gasteiger partial charge on any atom is -0.378 e. The first-order valence-electron chi connectivity index (χ1n) is 8.76. The molecule has 1 aliphatic heterocycles. The van der Waals surface area contributed by atoms with Crippen LogP contribution in [0.3, 0.4) is 0 Å². The lowest BCUT2D eigenvalue weighted by Gasteiger charge is -2.21. The first-order valence-corrected chi connectivity index (χ1v) is 8.76. The van der Waals surface area contributed by atoms with Crippen LogP contribution in [0.15, 0.2) is 54.7 Å². The third-order valence-corrected chi connectivity index (χ3v) is 4.95. The number of carbonyl (C=O) groups is 1. The lowest BCUT2D eigenvalue weighted by molar-refractivity contribution is -0.129. The Balaban J connectivity index is 1.73. The molecule has 1 N–H and O–H groups in total. The third kappa shape index (κ3) is 3.12. The summed E-state index contributed by atoms with van der Waals surface area (Å²) in [5, 5.41) is 4.65. The molecule has 0 radical (unpaired) electrons. The number of carbonyl (C=O) groups excluding carboxylic acids is 1. The molecule has 0 saturated heterocycles. The molecule has 1 aromatic heterocycles. The number of para-hydroxylation sites is 1. The number of hydrogen-bond donors (Lipinski definition) is 1. The molecule has 0 saturated carbocycles. The molecule has 1 aliphatic rings. The van der Waals surface area contributed by atoms with Gasteiger partial charge in [-0.2, -0.15) is 0 Å². The maximum absolute atomic E-state index is 13.8. The summed E-state index contributed by atoms with van der Waals surface area (Å²) in [4.78, 5) is 18.1. The first kappa shape index (κ1) is 16.5. The maximum atomic E-state index is 13.8. The minimum absolute atomic E-state index is 0.000700. The summed E-state index contributed by atoms with van der Waals surface area (Å²) in [5.74, 6) is -0.266. The van der Waals surface area contributed by atoms with Gasteiger partial charge in [0.15, 0.2) is 0 Å². The molecule has 132 valence electrons. The van der Waals surface area contributed by atoms with Crippen LogP contribution in [-0.2, 0) is 11.3 Å². The zero-order valence-corrected chi connectivity index (χ0v) is 14.6. The second-order valence-corrected chi connectivity index (χ2v) is 6.64. The van der Waals surface area contributed by atoms with Crippen molar-refractivity contribution in [3.05, 3.63) is 71.7 Å². The number of nitrogens with one attached hydrogen (secondary N) is 1. The van der Waals surface area contributed by atoms with Gasteiger partial charge in [0, 0.05) is 37.3 Å². The topological polar surface area (TPSA) is 45.2 Å². The highest BCUT2D eigenvalue weighted by atomic mass is 19.1. The van der Waals surface area contributed by atoms with Gasteiger partial charge in [-0.05, 0) is 41.8 Å². The van der Waals surface area contributed by atoms with E-state index in [9.17, 15) is 9.18 Å². The van der Waals surface area contributed by atoms with Crippen LogP contribution in [0.1, 0.15) is 30.5 Å². The van der Waals surface area contributed by atoms with Crippen LogP contribution in [0.25, 0.3) is 10.9 Å². The fraction of sp³-hybridized carbons (Fsp3) is 0.238. The van der Waals surface area contributed by atoms with Gasteiger partial charge in [-0.25, -0.2) is 4.39 Å². The number of amides is 1. The molecule has 4 nitrogen and oxygen atoms in total. The van der Waals surface area contributed by atoms with Crippen molar-refractivity contribution < 1.29 is 9.18 Å². The summed E-state index contributed by atoms with van der Waals surface area (Å²) in [5.41, 5.74) is 3.81. The summed E-state index contributed by atoms with van der Waals surface area (Å²) in [7, 11) is 0. The van der Waals surface area contributed by atoms with Crippen LogP contribution in [0, 0.1) is 5.82 Å². The fourth-order valence-electron chi connectivity index (χ4n) is 3.60. The predicted molar refractivity (Wildman–Crippen MR) is 100 cm³/mol. The zero-order chi connectivity index (χ0) is 18.1. The van der Waals surface area contributed by atoms with Crippen LogP contribution in [0.4, 0.5) is 10.1 Å². The molecule has 0 spiro atoms. The molecule has 1 amide bonds. The van der Waals surface area contributed by atoms with E-state index in [1.165, 1.54) is 12.1 Å². The van der Waals surface area contributed by atoms with Crippen molar-refractivity contribution in [3.63, 3.8) is 0 Å². The number of halogens is 1. The highest BCUT2D eigenvalue weighted by Crippen LogP contribution is 2.32. The molecule has 1 atom stereocenters. The highest BCUT2D eigenvalue weighted by molar-refractivity contribution is 5.91. The average Bonchev–Trinajstić information content (AvgIpc) is 2.81. The number of rotatable bonds is 2. The molecular weight excluding hydrogens is 329 g/mol.